The van der Waals surface area contributed by atoms with Crippen molar-refractivity contribution in [3.63, 3.8) is 0 Å². The summed E-state index contributed by atoms with van der Waals surface area (Å²) >= 11 is 0. The van der Waals surface area contributed by atoms with Crippen molar-refractivity contribution in [1.29, 1.82) is 0 Å². The fourth-order valence-electron chi connectivity index (χ4n) is 0.630. The third-order valence-electron chi connectivity index (χ3n) is 1.14. The molecule has 0 N–H and O–H groups in total. The van der Waals surface area contributed by atoms with Crippen LogP contribution in [0.2, 0.25) is 0 Å². The number of hydrogen-bond donors (Lipinski definition) is 0. The van der Waals surface area contributed by atoms with Gasteiger partial charge in [0.2, 0.25) is 0 Å². The Labute approximate surface area is 52.6 Å². The van der Waals surface area contributed by atoms with E-state index >= 15 is 0 Å². The van der Waals surface area contributed by atoms with Crippen LogP contribution in [0.1, 0.15) is 32.6 Å². The number of unbranched alkanes of at least 4 members (excludes halogenated alkanes) is 3. The standard InChI is InChI=1S/C6H13BN/c1-2-3-4-5-6-8-7/h2-6H2,1H3. The van der Waals surface area contributed by atoms with Crippen LogP contribution in [-0.2, 0) is 0 Å². The van der Waals surface area contributed by atoms with Gasteiger partial charge >= 0.3 is 51.7 Å². The van der Waals surface area contributed by atoms with Crippen molar-refractivity contribution in [2.75, 3.05) is 6.54 Å². The summed E-state index contributed by atoms with van der Waals surface area (Å²) in [5.41, 5.74) is 0. The summed E-state index contributed by atoms with van der Waals surface area (Å²) in [5, 5.41) is 0. The fourth-order valence-corrected chi connectivity index (χ4v) is 0.630. The first-order valence-electron chi connectivity index (χ1n) is 3.28. The van der Waals surface area contributed by atoms with Crippen LogP contribution in [-0.4, -0.2) is 14.2 Å². The van der Waals surface area contributed by atoms with Crippen LogP contribution in [0, 0.1) is 0 Å². The van der Waals surface area contributed by atoms with Gasteiger partial charge in [-0.1, -0.05) is 0 Å². The zero-order valence-corrected chi connectivity index (χ0v) is 5.56. The molecule has 1 radical (unpaired) electrons. The normalized spacial score (nSPS) is 9.00. The van der Waals surface area contributed by atoms with Crippen molar-refractivity contribution in [3.8, 4) is 0 Å². The Hall–Kier alpha value is -0.135. The molecule has 0 heterocycles. The van der Waals surface area contributed by atoms with E-state index in [0.717, 1.165) is 13.0 Å². The predicted molar refractivity (Wildman–Crippen MR) is 37.2 cm³/mol. The molecule has 0 aliphatic carbocycles. The average molecular weight is 110 g/mol. The van der Waals surface area contributed by atoms with E-state index in [1.165, 1.54) is 19.3 Å². The van der Waals surface area contributed by atoms with Gasteiger partial charge in [0, 0.05) is 0 Å². The van der Waals surface area contributed by atoms with Crippen molar-refractivity contribution in [2.24, 2.45) is 4.90 Å². The third-order valence-corrected chi connectivity index (χ3v) is 1.14. The van der Waals surface area contributed by atoms with Gasteiger partial charge in [0.25, 0.3) is 0 Å². The molecule has 0 fully saturated rings. The SMILES string of the molecule is [B]=NCCCCCC. The first-order valence-corrected chi connectivity index (χ1v) is 3.28. The summed E-state index contributed by atoms with van der Waals surface area (Å²) < 4.78 is 0. The fraction of sp³-hybridized carbons (Fsp3) is 1.00. The van der Waals surface area contributed by atoms with Gasteiger partial charge in [-0.2, -0.15) is 0 Å². The molecule has 0 atom stereocenters. The first-order chi connectivity index (χ1) is 3.91. The molecule has 8 heavy (non-hydrogen) atoms. The first kappa shape index (κ1) is 7.86. The molecule has 0 aliphatic heterocycles. The zero-order chi connectivity index (χ0) is 6.24. The third kappa shape index (κ3) is 5.86. The second kappa shape index (κ2) is 6.86. The van der Waals surface area contributed by atoms with E-state index in [-0.39, 0.29) is 0 Å². The minimum atomic E-state index is 0.833. The topological polar surface area (TPSA) is 12.4 Å². The van der Waals surface area contributed by atoms with E-state index in [2.05, 4.69) is 11.8 Å². The Bertz CT molecular complexity index is 54.5. The monoisotopic (exact) mass is 110 g/mol. The number of nitrogens with zero attached hydrogens (tertiary/aromatic N) is 1. The van der Waals surface area contributed by atoms with Crippen LogP contribution >= 0.6 is 0 Å². The zero-order valence-electron chi connectivity index (χ0n) is 5.56. The summed E-state index contributed by atoms with van der Waals surface area (Å²) in [6.45, 7) is 3.03. The van der Waals surface area contributed by atoms with Crippen LogP contribution in [0.25, 0.3) is 0 Å². The summed E-state index contributed by atoms with van der Waals surface area (Å²) in [5.74, 6) is 0. The van der Waals surface area contributed by atoms with E-state index in [4.69, 9.17) is 7.64 Å². The molecule has 0 spiro atoms. The molecular weight excluding hydrogens is 96.9 g/mol. The van der Waals surface area contributed by atoms with E-state index in [1.807, 2.05) is 0 Å². The quantitative estimate of drug-likeness (QED) is 0.378. The molecule has 0 aliphatic rings. The summed E-state index contributed by atoms with van der Waals surface area (Å²) in [6.07, 6.45) is 5.03. The van der Waals surface area contributed by atoms with Gasteiger partial charge in [-0.05, 0) is 0 Å². The predicted octanol–water partition coefficient (Wildman–Crippen LogP) is 1.92. The Morgan fingerprint density at radius 1 is 1.25 bits per heavy atom. The van der Waals surface area contributed by atoms with Crippen molar-refractivity contribution in [2.45, 2.75) is 32.6 Å². The molecule has 0 rings (SSSR count). The molecule has 0 aromatic heterocycles. The summed E-state index contributed by atoms with van der Waals surface area (Å²) in [7, 11) is 4.94. The molecule has 0 saturated carbocycles. The molecule has 0 bridgehead atoms. The molecule has 0 amide bonds. The molecule has 1 nitrogen and oxygen atoms in total. The van der Waals surface area contributed by atoms with Gasteiger partial charge in [-0.25, -0.2) is 0 Å². The maximum absolute atomic E-state index is 4.94. The van der Waals surface area contributed by atoms with Gasteiger partial charge in [0.1, 0.15) is 0 Å². The molecule has 0 aromatic carbocycles. The van der Waals surface area contributed by atoms with Crippen LogP contribution < -0.4 is 0 Å². The Kier molecular flexibility index (Phi) is 6.75. The van der Waals surface area contributed by atoms with Crippen LogP contribution in [0.15, 0.2) is 4.90 Å². The number of rotatable bonds is 5. The molecule has 0 aromatic rings. The summed E-state index contributed by atoms with van der Waals surface area (Å²) in [4.78, 5) is 3.51. The second-order valence-electron chi connectivity index (χ2n) is 1.97. The molecule has 0 unspecified atom stereocenters. The van der Waals surface area contributed by atoms with Crippen molar-refractivity contribution in [1.82, 2.24) is 0 Å². The molecular formula is C6H13BN. The number of hydrogen-bond acceptors (Lipinski definition) is 1. The van der Waals surface area contributed by atoms with E-state index in [9.17, 15) is 0 Å². The molecule has 0 saturated heterocycles. The van der Waals surface area contributed by atoms with Crippen LogP contribution in [0.3, 0.4) is 0 Å². The van der Waals surface area contributed by atoms with Gasteiger partial charge in [-0.15, -0.1) is 0 Å². The van der Waals surface area contributed by atoms with Gasteiger partial charge < -0.3 is 0 Å². The van der Waals surface area contributed by atoms with E-state index in [1.54, 1.807) is 0 Å². The van der Waals surface area contributed by atoms with Gasteiger partial charge in [-0.3, -0.25) is 0 Å². The van der Waals surface area contributed by atoms with Gasteiger partial charge in [0.05, 0.1) is 0 Å². The van der Waals surface area contributed by atoms with Crippen molar-refractivity contribution >= 4 is 7.64 Å². The molecule has 45 valence electrons. The Morgan fingerprint density at radius 3 is 2.50 bits per heavy atom. The minimum absolute atomic E-state index is 0.833. The van der Waals surface area contributed by atoms with Crippen molar-refractivity contribution in [3.05, 3.63) is 0 Å². The average Bonchev–Trinajstić information content (AvgIpc) is 1.81. The van der Waals surface area contributed by atoms with Crippen LogP contribution in [0.4, 0.5) is 0 Å². The maximum atomic E-state index is 4.94. The second-order valence-corrected chi connectivity index (χ2v) is 1.97. The molecule has 2 heteroatoms. The summed E-state index contributed by atoms with van der Waals surface area (Å²) in [6, 6.07) is 0. The van der Waals surface area contributed by atoms with Crippen LogP contribution in [0.5, 0.6) is 0 Å². The Balaban J connectivity index is 2.62. The Morgan fingerprint density at radius 2 is 2.00 bits per heavy atom. The van der Waals surface area contributed by atoms with Gasteiger partial charge in [0.15, 0.2) is 0 Å². The van der Waals surface area contributed by atoms with E-state index < -0.39 is 0 Å². The van der Waals surface area contributed by atoms with Crippen molar-refractivity contribution < 1.29 is 0 Å². The van der Waals surface area contributed by atoms with E-state index in [0.29, 0.717) is 0 Å².